The first kappa shape index (κ1) is 24.7. The van der Waals surface area contributed by atoms with Crippen LogP contribution in [0, 0.1) is 5.41 Å². The second kappa shape index (κ2) is 10.8. The maximum atomic E-state index is 14.3. The molecule has 0 amide bonds. The normalized spacial score (nSPS) is 11.7. The van der Waals surface area contributed by atoms with E-state index >= 15 is 0 Å². The van der Waals surface area contributed by atoms with Crippen LogP contribution in [0.5, 0.6) is 5.75 Å². The molecule has 0 radical (unpaired) electrons. The number of hydrogen-bond acceptors (Lipinski definition) is 4. The van der Waals surface area contributed by atoms with Gasteiger partial charge in [-0.05, 0) is 30.4 Å². The van der Waals surface area contributed by atoms with Crippen molar-refractivity contribution in [3.8, 4) is 5.75 Å². The molecule has 3 aromatic carbocycles. The molecule has 0 aliphatic heterocycles. The van der Waals surface area contributed by atoms with Crippen LogP contribution in [0.4, 0.5) is 0 Å². The van der Waals surface area contributed by atoms with E-state index in [-0.39, 0.29) is 21.8 Å². The van der Waals surface area contributed by atoms with Crippen molar-refractivity contribution in [3.05, 3.63) is 96.1 Å². The summed E-state index contributed by atoms with van der Waals surface area (Å²) in [6, 6.07) is 23.3. The highest BCUT2D eigenvalue weighted by atomic mass is 31.2. The minimum absolute atomic E-state index is 0.161. The van der Waals surface area contributed by atoms with E-state index in [9.17, 15) is 14.2 Å². The van der Waals surface area contributed by atoms with E-state index in [4.69, 9.17) is 4.74 Å². The Morgan fingerprint density at radius 2 is 1.33 bits per heavy atom. The van der Waals surface area contributed by atoms with E-state index in [2.05, 4.69) is 20.8 Å². The van der Waals surface area contributed by atoms with Gasteiger partial charge in [-0.2, -0.15) is 0 Å². The molecule has 0 saturated carbocycles. The molecule has 0 aromatic heterocycles. The fraction of sp³-hybridized carbons (Fsp3) is 0.286. The fourth-order valence-electron chi connectivity index (χ4n) is 3.87. The summed E-state index contributed by atoms with van der Waals surface area (Å²) >= 11 is 0. The van der Waals surface area contributed by atoms with Crippen LogP contribution >= 0.6 is 7.14 Å². The zero-order valence-electron chi connectivity index (χ0n) is 19.5. The van der Waals surface area contributed by atoms with E-state index < -0.39 is 18.2 Å². The Bertz CT molecular complexity index is 1080. The van der Waals surface area contributed by atoms with Gasteiger partial charge in [-0.25, -0.2) is 0 Å². The van der Waals surface area contributed by atoms with Crippen LogP contribution in [-0.4, -0.2) is 17.7 Å². The molecule has 0 aliphatic carbocycles. The summed E-state index contributed by atoms with van der Waals surface area (Å²) in [7, 11) is -4.16. The lowest BCUT2D eigenvalue weighted by atomic mass is 9.85. The minimum Gasteiger partial charge on any atom is -0.494 e. The SMILES string of the molecule is CCCC(C)(C)CCOc1cccc(P(=O)(C(=O)c2ccccc2)C(=O)c2ccccc2)c1. The van der Waals surface area contributed by atoms with Crippen LogP contribution in [0.1, 0.15) is 60.7 Å². The molecule has 0 fully saturated rings. The molecule has 172 valence electrons. The maximum absolute atomic E-state index is 14.3. The molecule has 5 heteroatoms. The number of carbonyl (C=O) groups excluding carboxylic acids is 2. The van der Waals surface area contributed by atoms with Gasteiger partial charge in [0.1, 0.15) is 5.75 Å². The Morgan fingerprint density at radius 3 is 1.85 bits per heavy atom. The number of hydrogen-bond donors (Lipinski definition) is 0. The van der Waals surface area contributed by atoms with Gasteiger partial charge in [0.15, 0.2) is 0 Å². The van der Waals surface area contributed by atoms with E-state index in [0.29, 0.717) is 12.4 Å². The predicted molar refractivity (Wildman–Crippen MR) is 134 cm³/mol. The Balaban J connectivity index is 1.96. The van der Waals surface area contributed by atoms with Gasteiger partial charge >= 0.3 is 0 Å². The Labute approximate surface area is 196 Å². The van der Waals surface area contributed by atoms with E-state index in [0.717, 1.165) is 19.3 Å². The van der Waals surface area contributed by atoms with Gasteiger partial charge in [-0.3, -0.25) is 9.59 Å². The van der Waals surface area contributed by atoms with Gasteiger partial charge in [0, 0.05) is 16.4 Å². The molecule has 0 aliphatic rings. The topological polar surface area (TPSA) is 60.4 Å². The molecule has 33 heavy (non-hydrogen) atoms. The molecule has 3 aromatic rings. The molecule has 0 N–H and O–H groups in total. The molecule has 0 saturated heterocycles. The van der Waals surface area contributed by atoms with Crippen molar-refractivity contribution in [1.29, 1.82) is 0 Å². The van der Waals surface area contributed by atoms with Crippen LogP contribution in [-0.2, 0) is 4.57 Å². The van der Waals surface area contributed by atoms with Crippen LogP contribution in [0.3, 0.4) is 0 Å². The van der Waals surface area contributed by atoms with Crippen LogP contribution in [0.15, 0.2) is 84.9 Å². The highest BCUT2D eigenvalue weighted by Gasteiger charge is 2.42. The average Bonchev–Trinajstić information content (AvgIpc) is 2.83. The molecule has 0 heterocycles. The van der Waals surface area contributed by atoms with Crippen molar-refractivity contribution < 1.29 is 18.9 Å². The van der Waals surface area contributed by atoms with Crippen molar-refractivity contribution in [2.45, 2.75) is 40.0 Å². The highest BCUT2D eigenvalue weighted by molar-refractivity contribution is 8.01. The van der Waals surface area contributed by atoms with Crippen molar-refractivity contribution in [2.24, 2.45) is 5.41 Å². The maximum Gasteiger partial charge on any atom is 0.248 e. The van der Waals surface area contributed by atoms with Gasteiger partial charge in [0.25, 0.3) is 0 Å². The van der Waals surface area contributed by atoms with Crippen molar-refractivity contribution in [3.63, 3.8) is 0 Å². The van der Waals surface area contributed by atoms with Crippen LogP contribution < -0.4 is 10.0 Å². The summed E-state index contributed by atoms with van der Waals surface area (Å²) in [4.78, 5) is 27.0. The lowest BCUT2D eigenvalue weighted by molar-refractivity contribution is 0.104. The molecule has 0 spiro atoms. The highest BCUT2D eigenvalue weighted by Crippen LogP contribution is 2.51. The standard InChI is InChI=1S/C28H31O4P/c1-4-18-28(2,3)19-20-32-24-16-11-17-25(21-24)33(31,26(29)22-12-7-5-8-13-22)27(30)23-14-9-6-10-15-23/h5-17,21H,4,18-20H2,1-3H3. The molecular weight excluding hydrogens is 431 g/mol. The predicted octanol–water partition coefficient (Wildman–Crippen LogP) is 6.95. The van der Waals surface area contributed by atoms with Crippen molar-refractivity contribution >= 4 is 23.5 Å². The second-order valence-electron chi connectivity index (χ2n) is 8.96. The van der Waals surface area contributed by atoms with Crippen molar-refractivity contribution in [2.75, 3.05) is 6.61 Å². The third-order valence-electron chi connectivity index (χ3n) is 5.77. The van der Waals surface area contributed by atoms with Crippen LogP contribution in [0.25, 0.3) is 0 Å². The monoisotopic (exact) mass is 462 g/mol. The van der Waals surface area contributed by atoms with Gasteiger partial charge in [-0.1, -0.05) is 100.0 Å². The van der Waals surface area contributed by atoms with Gasteiger partial charge in [0.2, 0.25) is 18.2 Å². The smallest absolute Gasteiger partial charge is 0.248 e. The second-order valence-corrected chi connectivity index (χ2v) is 11.5. The molecular formula is C28H31O4P. The molecule has 3 rings (SSSR count). The molecule has 4 nitrogen and oxygen atoms in total. The summed E-state index contributed by atoms with van der Waals surface area (Å²) < 4.78 is 20.3. The van der Waals surface area contributed by atoms with E-state index in [1.54, 1.807) is 84.9 Å². The quantitative estimate of drug-likeness (QED) is 0.289. The van der Waals surface area contributed by atoms with Gasteiger partial charge in [0.05, 0.1) is 6.61 Å². The first-order chi connectivity index (χ1) is 15.8. The van der Waals surface area contributed by atoms with E-state index in [1.165, 1.54) is 0 Å². The zero-order chi connectivity index (χ0) is 23.9. The largest absolute Gasteiger partial charge is 0.494 e. The lowest BCUT2D eigenvalue weighted by Crippen LogP contribution is -2.21. The third-order valence-corrected chi connectivity index (χ3v) is 8.43. The molecule has 0 bridgehead atoms. The molecule has 0 atom stereocenters. The summed E-state index contributed by atoms with van der Waals surface area (Å²) in [5, 5.41) is 0.190. The summed E-state index contributed by atoms with van der Waals surface area (Å²) in [5.74, 6) is 0.502. The Hall–Kier alpha value is -2.97. The Kier molecular flexibility index (Phi) is 8.05. The number of ether oxygens (including phenoxy) is 1. The first-order valence-electron chi connectivity index (χ1n) is 11.3. The average molecular weight is 463 g/mol. The number of carbonyl (C=O) groups is 2. The van der Waals surface area contributed by atoms with Gasteiger partial charge < -0.3 is 9.30 Å². The number of benzene rings is 3. The van der Waals surface area contributed by atoms with E-state index in [1.807, 2.05) is 0 Å². The molecule has 0 unspecified atom stereocenters. The Morgan fingerprint density at radius 1 is 0.788 bits per heavy atom. The van der Waals surface area contributed by atoms with Crippen molar-refractivity contribution in [1.82, 2.24) is 0 Å². The van der Waals surface area contributed by atoms with Crippen LogP contribution in [0.2, 0.25) is 0 Å². The first-order valence-corrected chi connectivity index (χ1v) is 13.0. The third kappa shape index (κ3) is 5.89. The minimum atomic E-state index is -4.16. The fourth-order valence-corrected chi connectivity index (χ4v) is 6.15. The zero-order valence-corrected chi connectivity index (χ0v) is 20.4. The van der Waals surface area contributed by atoms with Gasteiger partial charge in [-0.15, -0.1) is 0 Å². The lowest BCUT2D eigenvalue weighted by Gasteiger charge is -2.24. The summed E-state index contributed by atoms with van der Waals surface area (Å²) in [6.07, 6.45) is 3.08. The summed E-state index contributed by atoms with van der Waals surface area (Å²) in [6.45, 7) is 7.08. The number of rotatable bonds is 11. The summed E-state index contributed by atoms with van der Waals surface area (Å²) in [5.41, 5.74) is -0.680.